The SMILES string of the molecule is CC(C)n1ncc2c(C(=O)NCc3cn4ccsc4n3)cc(-c3ccco3)nc21. The molecule has 0 saturated carbocycles. The summed E-state index contributed by atoms with van der Waals surface area (Å²) in [5, 5.41) is 10.1. The van der Waals surface area contributed by atoms with Gasteiger partial charge in [-0.1, -0.05) is 0 Å². The Balaban J connectivity index is 1.51. The van der Waals surface area contributed by atoms with Crippen LogP contribution in [0.4, 0.5) is 0 Å². The molecule has 9 heteroatoms. The van der Waals surface area contributed by atoms with Crippen molar-refractivity contribution in [1.29, 1.82) is 0 Å². The first kappa shape index (κ1) is 17.6. The summed E-state index contributed by atoms with van der Waals surface area (Å²) in [6.45, 7) is 4.39. The van der Waals surface area contributed by atoms with Gasteiger partial charge in [0.05, 0.1) is 35.6 Å². The van der Waals surface area contributed by atoms with E-state index in [4.69, 9.17) is 9.40 Å². The van der Waals surface area contributed by atoms with Crippen molar-refractivity contribution >= 4 is 33.2 Å². The smallest absolute Gasteiger partial charge is 0.252 e. The Hall–Kier alpha value is -3.46. The Labute approximate surface area is 169 Å². The van der Waals surface area contributed by atoms with Crippen LogP contribution in [0.3, 0.4) is 0 Å². The first-order valence-corrected chi connectivity index (χ1v) is 10.1. The van der Waals surface area contributed by atoms with Crippen molar-refractivity contribution in [2.24, 2.45) is 0 Å². The van der Waals surface area contributed by atoms with E-state index in [9.17, 15) is 4.79 Å². The lowest BCUT2D eigenvalue weighted by Crippen LogP contribution is -2.23. The highest BCUT2D eigenvalue weighted by molar-refractivity contribution is 7.15. The zero-order valence-electron chi connectivity index (χ0n) is 15.9. The molecule has 0 bridgehead atoms. The Bertz CT molecular complexity index is 1280. The minimum Gasteiger partial charge on any atom is -0.463 e. The van der Waals surface area contributed by atoms with Crippen molar-refractivity contribution in [2.75, 3.05) is 0 Å². The third kappa shape index (κ3) is 3.09. The highest BCUT2D eigenvalue weighted by atomic mass is 32.1. The molecule has 8 nitrogen and oxygen atoms in total. The predicted octanol–water partition coefficient (Wildman–Crippen LogP) is 3.91. The summed E-state index contributed by atoms with van der Waals surface area (Å²) in [5.74, 6) is 0.400. The number of nitrogens with one attached hydrogen (secondary N) is 1. The van der Waals surface area contributed by atoms with E-state index in [0.717, 1.165) is 10.7 Å². The molecule has 5 rings (SSSR count). The van der Waals surface area contributed by atoms with Crippen LogP contribution < -0.4 is 5.32 Å². The quantitative estimate of drug-likeness (QED) is 0.478. The van der Waals surface area contributed by atoms with E-state index in [-0.39, 0.29) is 11.9 Å². The molecule has 0 spiro atoms. The molecule has 0 atom stereocenters. The molecule has 1 amide bonds. The molecule has 146 valence electrons. The van der Waals surface area contributed by atoms with E-state index in [1.807, 2.05) is 46.8 Å². The van der Waals surface area contributed by atoms with Gasteiger partial charge >= 0.3 is 0 Å². The number of rotatable bonds is 5. The van der Waals surface area contributed by atoms with Gasteiger partial charge in [0.1, 0.15) is 5.69 Å². The molecule has 0 radical (unpaired) electrons. The molecule has 0 unspecified atom stereocenters. The molecule has 5 aromatic heterocycles. The van der Waals surface area contributed by atoms with Crippen LogP contribution in [0.1, 0.15) is 35.9 Å². The van der Waals surface area contributed by atoms with Crippen LogP contribution >= 0.6 is 11.3 Å². The predicted molar refractivity (Wildman–Crippen MR) is 110 cm³/mol. The number of carbonyl (C=O) groups excluding carboxylic acids is 1. The van der Waals surface area contributed by atoms with Gasteiger partial charge in [0.15, 0.2) is 16.4 Å². The highest BCUT2D eigenvalue weighted by Gasteiger charge is 2.19. The lowest BCUT2D eigenvalue weighted by atomic mass is 10.1. The standard InChI is InChI=1S/C20H18N6O2S/c1-12(2)26-18-15(10-22-26)14(8-16(24-18)17-4-3-6-28-17)19(27)21-9-13-11-25-5-7-29-20(25)23-13/h3-8,10-12H,9H2,1-2H3,(H,21,27). The van der Waals surface area contributed by atoms with Crippen molar-refractivity contribution < 1.29 is 9.21 Å². The molecule has 0 fully saturated rings. The van der Waals surface area contributed by atoms with Gasteiger partial charge in [-0.2, -0.15) is 5.10 Å². The lowest BCUT2D eigenvalue weighted by Gasteiger charge is -2.10. The van der Waals surface area contributed by atoms with Crippen molar-refractivity contribution in [3.63, 3.8) is 0 Å². The second kappa shape index (κ2) is 6.85. The normalized spacial score (nSPS) is 11.7. The van der Waals surface area contributed by atoms with E-state index in [0.29, 0.717) is 34.6 Å². The molecule has 0 aliphatic rings. The summed E-state index contributed by atoms with van der Waals surface area (Å²) in [6.07, 6.45) is 7.14. The van der Waals surface area contributed by atoms with E-state index >= 15 is 0 Å². The maximum Gasteiger partial charge on any atom is 0.252 e. The molecule has 0 aliphatic heterocycles. The van der Waals surface area contributed by atoms with E-state index < -0.39 is 0 Å². The average Bonchev–Trinajstić information content (AvgIpc) is 3.48. The number of nitrogens with zero attached hydrogens (tertiary/aromatic N) is 5. The molecule has 1 N–H and O–H groups in total. The van der Waals surface area contributed by atoms with Crippen LogP contribution in [0.5, 0.6) is 0 Å². The summed E-state index contributed by atoms with van der Waals surface area (Å²) in [4.78, 5) is 23.2. The number of thiazole rings is 1. The van der Waals surface area contributed by atoms with E-state index in [1.165, 1.54) is 0 Å². The fraction of sp³-hybridized carbons (Fsp3) is 0.200. The summed E-state index contributed by atoms with van der Waals surface area (Å²) in [6, 6.07) is 5.48. The van der Waals surface area contributed by atoms with Crippen molar-refractivity contribution in [2.45, 2.75) is 26.4 Å². The summed E-state index contributed by atoms with van der Waals surface area (Å²) >= 11 is 1.56. The fourth-order valence-electron chi connectivity index (χ4n) is 3.26. The zero-order chi connectivity index (χ0) is 20.0. The van der Waals surface area contributed by atoms with Crippen LogP contribution in [0.2, 0.25) is 0 Å². The third-order valence-electron chi connectivity index (χ3n) is 4.65. The Morgan fingerprint density at radius 1 is 1.34 bits per heavy atom. The van der Waals surface area contributed by atoms with E-state index in [1.54, 1.807) is 35.9 Å². The van der Waals surface area contributed by atoms with Crippen molar-refractivity contribution in [3.8, 4) is 11.5 Å². The molecule has 5 heterocycles. The highest BCUT2D eigenvalue weighted by Crippen LogP contribution is 2.26. The Kier molecular flexibility index (Phi) is 4.17. The number of hydrogen-bond donors (Lipinski definition) is 1. The number of amides is 1. The van der Waals surface area contributed by atoms with Gasteiger partial charge in [0.2, 0.25) is 0 Å². The molecule has 0 saturated heterocycles. The topological polar surface area (TPSA) is 90.2 Å². The Morgan fingerprint density at radius 2 is 2.24 bits per heavy atom. The molecule has 5 aromatic rings. The molecule has 0 aliphatic carbocycles. The van der Waals surface area contributed by atoms with E-state index in [2.05, 4.69) is 15.4 Å². The number of carbonyl (C=O) groups is 1. The monoisotopic (exact) mass is 406 g/mol. The van der Waals surface area contributed by atoms with Gasteiger partial charge in [0.25, 0.3) is 5.91 Å². The summed E-state index contributed by atoms with van der Waals surface area (Å²) in [5.41, 5.74) is 2.56. The number of fused-ring (bicyclic) bond motifs is 2. The van der Waals surface area contributed by atoms with Gasteiger partial charge in [-0.15, -0.1) is 11.3 Å². The first-order valence-electron chi connectivity index (χ1n) is 9.21. The van der Waals surface area contributed by atoms with Crippen LogP contribution in [0.25, 0.3) is 27.4 Å². The molecular weight excluding hydrogens is 388 g/mol. The molecular formula is C20H18N6O2S. The lowest BCUT2D eigenvalue weighted by molar-refractivity contribution is 0.0952. The maximum absolute atomic E-state index is 13.0. The van der Waals surface area contributed by atoms with Crippen LogP contribution in [-0.4, -0.2) is 30.1 Å². The summed E-state index contributed by atoms with van der Waals surface area (Å²) in [7, 11) is 0. The van der Waals surface area contributed by atoms with Gasteiger partial charge in [0, 0.05) is 23.8 Å². The zero-order valence-corrected chi connectivity index (χ0v) is 16.7. The maximum atomic E-state index is 13.0. The van der Waals surface area contributed by atoms with Crippen LogP contribution in [0, 0.1) is 0 Å². The Morgan fingerprint density at radius 3 is 3.00 bits per heavy atom. The summed E-state index contributed by atoms with van der Waals surface area (Å²) < 4.78 is 9.25. The number of furan rings is 1. The van der Waals surface area contributed by atoms with Gasteiger partial charge < -0.3 is 9.73 Å². The minimum absolute atomic E-state index is 0.112. The molecule has 0 aromatic carbocycles. The number of pyridine rings is 1. The third-order valence-corrected chi connectivity index (χ3v) is 5.42. The molecule has 29 heavy (non-hydrogen) atoms. The van der Waals surface area contributed by atoms with Gasteiger partial charge in [-0.25, -0.2) is 14.6 Å². The van der Waals surface area contributed by atoms with Crippen molar-refractivity contribution in [1.82, 2.24) is 29.5 Å². The second-order valence-corrected chi connectivity index (χ2v) is 7.83. The van der Waals surface area contributed by atoms with Gasteiger partial charge in [-0.3, -0.25) is 9.20 Å². The average molecular weight is 406 g/mol. The fourth-order valence-corrected chi connectivity index (χ4v) is 3.98. The number of hydrogen-bond acceptors (Lipinski definition) is 6. The number of aromatic nitrogens is 5. The minimum atomic E-state index is -0.204. The first-order chi connectivity index (χ1) is 14.1. The van der Waals surface area contributed by atoms with Crippen LogP contribution in [0.15, 0.2) is 52.9 Å². The second-order valence-electron chi connectivity index (χ2n) is 6.96. The number of imidazole rings is 1. The van der Waals surface area contributed by atoms with Gasteiger partial charge in [-0.05, 0) is 32.0 Å². The van der Waals surface area contributed by atoms with Crippen molar-refractivity contribution in [3.05, 3.63) is 59.7 Å². The largest absolute Gasteiger partial charge is 0.463 e. The van der Waals surface area contributed by atoms with Crippen LogP contribution in [-0.2, 0) is 6.54 Å².